The van der Waals surface area contributed by atoms with Gasteiger partial charge >= 0.3 is 30.1 Å². The van der Waals surface area contributed by atoms with Gasteiger partial charge in [0.15, 0.2) is 5.71 Å². The lowest BCUT2D eigenvalue weighted by atomic mass is 9.89. The maximum atomic E-state index is 13.0. The standard InChI is InChI=1S/C16H17BN4O10S3/c1-6-18-8(4-32-6)10(20-29-5-34(26,27)28)12(23)19-11-13(24)21-14(11)33-3-7-2-9(22)30-16(7,21)15(25)31-17/h4,7,11,14H,2-3,5,17H2,1H3,(H,19,23)(H,26,27,28)/b20-10-/t7-,11+,14+,16+/m0/s1. The Balaban J connectivity index is 1.56. The van der Waals surface area contributed by atoms with Crippen LogP contribution in [0.1, 0.15) is 17.1 Å². The zero-order valence-electron chi connectivity index (χ0n) is 17.6. The van der Waals surface area contributed by atoms with Gasteiger partial charge in [0, 0.05) is 17.1 Å². The van der Waals surface area contributed by atoms with Crippen LogP contribution in [0, 0.1) is 12.8 Å². The highest BCUT2D eigenvalue weighted by molar-refractivity contribution is 8.00. The van der Waals surface area contributed by atoms with E-state index in [0.29, 0.717) is 10.8 Å². The van der Waals surface area contributed by atoms with Gasteiger partial charge in [0.05, 0.1) is 11.4 Å². The fourth-order valence-electron chi connectivity index (χ4n) is 3.89. The first-order valence-corrected chi connectivity index (χ1v) is 13.1. The molecule has 0 radical (unpaired) electrons. The van der Waals surface area contributed by atoms with E-state index in [0.717, 1.165) is 12.9 Å². The predicted octanol–water partition coefficient (Wildman–Crippen LogP) is -2.23. The van der Waals surface area contributed by atoms with Crippen LogP contribution in [0.4, 0.5) is 0 Å². The highest BCUT2D eigenvalue weighted by Gasteiger charge is 2.71. The number of amides is 2. The Bertz CT molecular complexity index is 1200. The summed E-state index contributed by atoms with van der Waals surface area (Å²) in [6, 6.07) is -1.11. The average molecular weight is 532 g/mol. The summed E-state index contributed by atoms with van der Waals surface area (Å²) in [6.07, 6.45) is -0.0548. The van der Waals surface area contributed by atoms with Gasteiger partial charge in [-0.25, -0.2) is 9.78 Å². The second kappa shape index (κ2) is 8.83. The largest absolute Gasteiger partial charge is 0.539 e. The molecule has 4 rings (SSSR count). The van der Waals surface area contributed by atoms with Gasteiger partial charge in [-0.15, -0.1) is 23.1 Å². The van der Waals surface area contributed by atoms with Crippen molar-refractivity contribution in [2.24, 2.45) is 11.1 Å². The number of aryl methyl sites for hydroxylation is 1. The monoisotopic (exact) mass is 532 g/mol. The number of aromatic nitrogens is 1. The first-order valence-electron chi connectivity index (χ1n) is 9.61. The Morgan fingerprint density at radius 2 is 2.21 bits per heavy atom. The molecule has 0 aromatic carbocycles. The minimum atomic E-state index is -4.52. The van der Waals surface area contributed by atoms with Crippen molar-refractivity contribution in [2.75, 3.05) is 11.7 Å². The molecule has 3 saturated heterocycles. The first-order chi connectivity index (χ1) is 16.0. The average Bonchev–Trinajstić information content (AvgIpc) is 3.34. The quantitative estimate of drug-likeness (QED) is 0.0961. The number of β-lactam (4-membered cyclic amide) rings is 1. The third-order valence-corrected chi connectivity index (χ3v) is 7.90. The van der Waals surface area contributed by atoms with Crippen molar-refractivity contribution in [1.82, 2.24) is 15.2 Å². The molecule has 182 valence electrons. The summed E-state index contributed by atoms with van der Waals surface area (Å²) in [7, 11) is -3.41. The van der Waals surface area contributed by atoms with Gasteiger partial charge in [-0.2, -0.15) is 8.42 Å². The zero-order chi connectivity index (χ0) is 24.8. The summed E-state index contributed by atoms with van der Waals surface area (Å²) in [5.41, 5.74) is -2.25. The number of ether oxygens (including phenoxy) is 1. The number of oxime groups is 1. The molecule has 3 aliphatic heterocycles. The van der Waals surface area contributed by atoms with E-state index in [2.05, 4.69) is 20.3 Å². The highest BCUT2D eigenvalue weighted by Crippen LogP contribution is 2.51. The Morgan fingerprint density at radius 3 is 2.82 bits per heavy atom. The molecular formula is C16H17BN4O10S3. The molecule has 0 spiro atoms. The number of carbonyl (C=O) groups excluding carboxylic acids is 4. The van der Waals surface area contributed by atoms with Crippen LogP contribution in [0.5, 0.6) is 0 Å². The number of hydrogen-bond acceptors (Lipinski definition) is 13. The van der Waals surface area contributed by atoms with Crippen LogP contribution in [0.15, 0.2) is 10.5 Å². The summed E-state index contributed by atoms with van der Waals surface area (Å²) in [4.78, 5) is 60.3. The number of esters is 1. The zero-order valence-corrected chi connectivity index (χ0v) is 20.1. The first kappa shape index (κ1) is 24.4. The molecule has 0 aliphatic carbocycles. The number of rotatable bonds is 7. The molecule has 34 heavy (non-hydrogen) atoms. The number of thioether (sulfide) groups is 1. The number of nitrogens with zero attached hydrogens (tertiary/aromatic N) is 3. The van der Waals surface area contributed by atoms with E-state index in [4.69, 9.17) is 13.9 Å². The molecular weight excluding hydrogens is 515 g/mol. The van der Waals surface area contributed by atoms with Crippen molar-refractivity contribution in [3.63, 3.8) is 0 Å². The van der Waals surface area contributed by atoms with Gasteiger partial charge in [-0.1, -0.05) is 5.16 Å². The molecule has 1 aromatic rings. The molecule has 0 bridgehead atoms. The van der Waals surface area contributed by atoms with E-state index in [1.165, 1.54) is 28.5 Å². The number of fused-ring (bicyclic) bond motifs is 3. The molecule has 3 aliphatic rings. The van der Waals surface area contributed by atoms with Gasteiger partial charge in [0.1, 0.15) is 17.1 Å². The lowest BCUT2D eigenvalue weighted by Gasteiger charge is -2.56. The minimum Gasteiger partial charge on any atom is -0.539 e. The molecule has 2 amide bonds. The Labute approximate surface area is 201 Å². The molecule has 3 fully saturated rings. The van der Waals surface area contributed by atoms with Gasteiger partial charge in [0.2, 0.25) is 5.94 Å². The van der Waals surface area contributed by atoms with E-state index in [9.17, 15) is 27.6 Å². The normalized spacial score (nSPS) is 28.4. The van der Waals surface area contributed by atoms with Crippen molar-refractivity contribution in [1.29, 1.82) is 0 Å². The third kappa shape index (κ3) is 4.14. The van der Waals surface area contributed by atoms with Crippen molar-refractivity contribution < 1.29 is 46.4 Å². The maximum absolute atomic E-state index is 13.0. The smallest absolute Gasteiger partial charge is 0.355 e. The number of hydrogen-bond donors (Lipinski definition) is 2. The van der Waals surface area contributed by atoms with Crippen molar-refractivity contribution in [3.05, 3.63) is 16.1 Å². The van der Waals surface area contributed by atoms with E-state index < -0.39 is 68.6 Å². The summed E-state index contributed by atoms with van der Waals surface area (Å²) in [5.74, 6) is -4.60. The molecule has 4 atom stereocenters. The topological polar surface area (TPSA) is 191 Å². The number of carbonyl (C=O) groups is 4. The van der Waals surface area contributed by atoms with Crippen LogP contribution < -0.4 is 5.32 Å². The molecule has 2 N–H and O–H groups in total. The predicted molar refractivity (Wildman–Crippen MR) is 117 cm³/mol. The molecule has 18 heteroatoms. The second-order valence-electron chi connectivity index (χ2n) is 7.47. The Kier molecular flexibility index (Phi) is 6.34. The lowest BCUT2D eigenvalue weighted by molar-refractivity contribution is -0.214. The summed E-state index contributed by atoms with van der Waals surface area (Å²) < 4.78 is 40.7. The van der Waals surface area contributed by atoms with Crippen LogP contribution in [0.3, 0.4) is 0 Å². The lowest BCUT2D eigenvalue weighted by Crippen LogP contribution is -2.80. The third-order valence-electron chi connectivity index (χ3n) is 5.30. The molecule has 0 unspecified atom stereocenters. The maximum Gasteiger partial charge on any atom is 0.355 e. The molecule has 4 heterocycles. The van der Waals surface area contributed by atoms with E-state index in [1.807, 2.05) is 0 Å². The van der Waals surface area contributed by atoms with Crippen molar-refractivity contribution in [2.45, 2.75) is 30.5 Å². The van der Waals surface area contributed by atoms with Gasteiger partial charge in [0.25, 0.3) is 17.5 Å². The SMILES string of the molecule is BOC(=O)[C@]12OC(=O)C[C@H]1CS[C@@H]1[C@H](NC(=O)/C(=N\OCS(=O)(=O)O)c3csc(C)n3)C(=O)N12. The van der Waals surface area contributed by atoms with Gasteiger partial charge < -0.3 is 19.5 Å². The number of thiazole rings is 1. The van der Waals surface area contributed by atoms with Gasteiger partial charge in [-0.3, -0.25) is 23.8 Å². The minimum absolute atomic E-state index is 0.0548. The molecule has 0 saturated carbocycles. The molecule has 14 nitrogen and oxygen atoms in total. The highest BCUT2D eigenvalue weighted by atomic mass is 32.2. The summed E-state index contributed by atoms with van der Waals surface area (Å²) in [5, 5.41) is 7.28. The van der Waals surface area contributed by atoms with Crippen molar-refractivity contribution in [3.8, 4) is 0 Å². The van der Waals surface area contributed by atoms with Crippen LogP contribution in [-0.4, -0.2) is 89.2 Å². The van der Waals surface area contributed by atoms with Crippen molar-refractivity contribution >= 4 is 70.7 Å². The summed E-state index contributed by atoms with van der Waals surface area (Å²) in [6.45, 7) is 1.67. The van der Waals surface area contributed by atoms with Crippen LogP contribution in [0.25, 0.3) is 0 Å². The Morgan fingerprint density at radius 1 is 1.47 bits per heavy atom. The van der Waals surface area contributed by atoms with Gasteiger partial charge in [-0.05, 0) is 6.92 Å². The van der Waals surface area contributed by atoms with E-state index in [-0.39, 0.29) is 12.1 Å². The fraction of sp³-hybridized carbons (Fsp3) is 0.500. The number of nitrogens with one attached hydrogen (secondary N) is 1. The van der Waals surface area contributed by atoms with Crippen LogP contribution in [-0.2, 0) is 43.5 Å². The van der Waals surface area contributed by atoms with Crippen LogP contribution >= 0.6 is 23.1 Å². The Hall–Kier alpha value is -2.70. The van der Waals surface area contributed by atoms with E-state index in [1.54, 1.807) is 6.92 Å². The fourth-order valence-corrected chi connectivity index (χ4v) is 6.23. The molecule has 1 aromatic heterocycles. The van der Waals surface area contributed by atoms with E-state index >= 15 is 0 Å². The summed E-state index contributed by atoms with van der Waals surface area (Å²) >= 11 is 2.45. The van der Waals surface area contributed by atoms with Crippen LogP contribution in [0.2, 0.25) is 0 Å². The second-order valence-corrected chi connectivity index (χ2v) is 11.1.